The third kappa shape index (κ3) is 3.32. The highest BCUT2D eigenvalue weighted by Gasteiger charge is 2.26. The van der Waals surface area contributed by atoms with Crippen LogP contribution in [-0.4, -0.2) is 6.04 Å². The molecule has 1 N–H and O–H groups in total. The van der Waals surface area contributed by atoms with Crippen LogP contribution in [-0.2, 0) is 6.54 Å². The molecular weight excluding hydrogens is 206 g/mol. The van der Waals surface area contributed by atoms with Gasteiger partial charge in [0.1, 0.15) is 0 Å². The fourth-order valence-corrected chi connectivity index (χ4v) is 3.03. The van der Waals surface area contributed by atoms with Gasteiger partial charge < -0.3 is 5.32 Å². The Bertz CT molecular complexity index is 331. The molecule has 94 valence electrons. The second kappa shape index (κ2) is 5.68. The molecule has 2 rings (SSSR count). The van der Waals surface area contributed by atoms with Crippen molar-refractivity contribution in [2.24, 2.45) is 11.8 Å². The zero-order valence-corrected chi connectivity index (χ0v) is 11.4. The van der Waals surface area contributed by atoms with Gasteiger partial charge in [0.25, 0.3) is 0 Å². The molecule has 0 bridgehead atoms. The summed E-state index contributed by atoms with van der Waals surface area (Å²) in [5.74, 6) is 1.65. The minimum Gasteiger partial charge on any atom is -0.309 e. The molecule has 1 aliphatic rings. The van der Waals surface area contributed by atoms with E-state index in [2.05, 4.69) is 50.4 Å². The molecule has 0 heterocycles. The third-order valence-electron chi connectivity index (χ3n) is 4.21. The van der Waals surface area contributed by atoms with Crippen LogP contribution in [0.4, 0.5) is 0 Å². The normalized spacial score (nSPS) is 29.2. The summed E-state index contributed by atoms with van der Waals surface area (Å²) in [6.45, 7) is 7.94. The van der Waals surface area contributed by atoms with Crippen LogP contribution in [0, 0.1) is 18.8 Å². The van der Waals surface area contributed by atoms with Crippen LogP contribution < -0.4 is 5.32 Å². The molecule has 0 radical (unpaired) electrons. The van der Waals surface area contributed by atoms with Crippen LogP contribution in [0.1, 0.15) is 44.2 Å². The molecule has 2 unspecified atom stereocenters. The second-order valence-electron chi connectivity index (χ2n) is 5.78. The fraction of sp³-hybridized carbons (Fsp3) is 0.625. The highest BCUT2D eigenvalue weighted by molar-refractivity contribution is 5.21. The molecule has 1 fully saturated rings. The highest BCUT2D eigenvalue weighted by atomic mass is 14.9. The predicted molar refractivity (Wildman–Crippen MR) is 74.0 cm³/mol. The molecule has 1 heteroatoms. The van der Waals surface area contributed by atoms with Crippen molar-refractivity contribution < 1.29 is 0 Å². The fourth-order valence-electron chi connectivity index (χ4n) is 3.03. The van der Waals surface area contributed by atoms with Crippen molar-refractivity contribution >= 4 is 0 Å². The summed E-state index contributed by atoms with van der Waals surface area (Å²) in [4.78, 5) is 0. The van der Waals surface area contributed by atoms with E-state index in [1.807, 2.05) is 0 Å². The van der Waals surface area contributed by atoms with Crippen molar-refractivity contribution in [3.8, 4) is 0 Å². The van der Waals surface area contributed by atoms with Crippen molar-refractivity contribution in [3.63, 3.8) is 0 Å². The molecule has 1 nitrogen and oxygen atoms in total. The maximum atomic E-state index is 3.76. The molecular formula is C16H25N. The van der Waals surface area contributed by atoms with Gasteiger partial charge in [0.05, 0.1) is 0 Å². The molecule has 0 aromatic heterocycles. The standard InChI is InChI=1S/C16H25N/c1-12-7-9-15(10-8-12)11-17-16-13(2)5-4-6-14(16)3/h7-10,13-14,16-17H,4-6,11H2,1-3H3. The Morgan fingerprint density at radius 3 is 2.24 bits per heavy atom. The van der Waals surface area contributed by atoms with E-state index in [9.17, 15) is 0 Å². The molecule has 0 saturated heterocycles. The highest BCUT2D eigenvalue weighted by Crippen LogP contribution is 2.28. The van der Waals surface area contributed by atoms with Gasteiger partial charge in [-0.15, -0.1) is 0 Å². The van der Waals surface area contributed by atoms with Crippen molar-refractivity contribution in [1.82, 2.24) is 5.32 Å². The van der Waals surface area contributed by atoms with E-state index in [0.29, 0.717) is 6.04 Å². The Morgan fingerprint density at radius 2 is 1.65 bits per heavy atom. The first-order valence-electron chi connectivity index (χ1n) is 6.96. The minimum atomic E-state index is 0.699. The molecule has 1 saturated carbocycles. The van der Waals surface area contributed by atoms with Gasteiger partial charge in [0, 0.05) is 12.6 Å². The van der Waals surface area contributed by atoms with E-state index in [1.165, 1.54) is 30.4 Å². The van der Waals surface area contributed by atoms with Crippen molar-refractivity contribution in [2.75, 3.05) is 0 Å². The van der Waals surface area contributed by atoms with Crippen LogP contribution >= 0.6 is 0 Å². The van der Waals surface area contributed by atoms with Crippen LogP contribution in [0.25, 0.3) is 0 Å². The van der Waals surface area contributed by atoms with Gasteiger partial charge in [-0.1, -0.05) is 50.1 Å². The molecule has 0 spiro atoms. The minimum absolute atomic E-state index is 0.699. The van der Waals surface area contributed by atoms with E-state index < -0.39 is 0 Å². The molecule has 2 atom stereocenters. The van der Waals surface area contributed by atoms with Crippen LogP contribution in [0.2, 0.25) is 0 Å². The van der Waals surface area contributed by atoms with E-state index >= 15 is 0 Å². The van der Waals surface area contributed by atoms with Crippen LogP contribution in [0.3, 0.4) is 0 Å². The molecule has 17 heavy (non-hydrogen) atoms. The average Bonchev–Trinajstić information content (AvgIpc) is 2.31. The smallest absolute Gasteiger partial charge is 0.0208 e. The number of aryl methyl sites for hydroxylation is 1. The lowest BCUT2D eigenvalue weighted by Gasteiger charge is -2.35. The van der Waals surface area contributed by atoms with Gasteiger partial charge in [0.2, 0.25) is 0 Å². The first-order valence-corrected chi connectivity index (χ1v) is 6.96. The summed E-state index contributed by atoms with van der Waals surface area (Å²) in [5.41, 5.74) is 2.74. The lowest BCUT2D eigenvalue weighted by atomic mass is 9.78. The quantitative estimate of drug-likeness (QED) is 0.831. The van der Waals surface area contributed by atoms with Gasteiger partial charge in [0.15, 0.2) is 0 Å². The van der Waals surface area contributed by atoms with Crippen molar-refractivity contribution in [1.29, 1.82) is 0 Å². The lowest BCUT2D eigenvalue weighted by Crippen LogP contribution is -2.42. The summed E-state index contributed by atoms with van der Waals surface area (Å²) < 4.78 is 0. The van der Waals surface area contributed by atoms with E-state index in [-0.39, 0.29) is 0 Å². The number of rotatable bonds is 3. The van der Waals surface area contributed by atoms with Gasteiger partial charge in [-0.3, -0.25) is 0 Å². The van der Waals surface area contributed by atoms with Gasteiger partial charge in [-0.25, -0.2) is 0 Å². The summed E-state index contributed by atoms with van der Waals surface area (Å²) in [7, 11) is 0. The number of hydrogen-bond acceptors (Lipinski definition) is 1. The van der Waals surface area contributed by atoms with Crippen LogP contribution in [0.15, 0.2) is 24.3 Å². The predicted octanol–water partition coefficient (Wildman–Crippen LogP) is 3.91. The van der Waals surface area contributed by atoms with Gasteiger partial charge in [-0.2, -0.15) is 0 Å². The van der Waals surface area contributed by atoms with E-state index in [1.54, 1.807) is 0 Å². The van der Waals surface area contributed by atoms with E-state index in [0.717, 1.165) is 18.4 Å². The SMILES string of the molecule is Cc1ccc(CNC2C(C)CCCC2C)cc1. The number of hydrogen-bond donors (Lipinski definition) is 1. The molecule has 0 amide bonds. The Hall–Kier alpha value is -0.820. The molecule has 1 aliphatic carbocycles. The summed E-state index contributed by atoms with van der Waals surface area (Å²) in [5, 5.41) is 3.76. The monoisotopic (exact) mass is 231 g/mol. The Balaban J connectivity index is 1.90. The average molecular weight is 231 g/mol. The third-order valence-corrected chi connectivity index (χ3v) is 4.21. The van der Waals surface area contributed by atoms with E-state index in [4.69, 9.17) is 0 Å². The Labute approximate surface area is 106 Å². The molecule has 1 aromatic carbocycles. The van der Waals surface area contributed by atoms with Gasteiger partial charge >= 0.3 is 0 Å². The first-order chi connectivity index (χ1) is 8.16. The van der Waals surface area contributed by atoms with Gasteiger partial charge in [-0.05, 0) is 37.2 Å². The zero-order valence-electron chi connectivity index (χ0n) is 11.4. The molecule has 0 aliphatic heterocycles. The van der Waals surface area contributed by atoms with Crippen molar-refractivity contribution in [3.05, 3.63) is 35.4 Å². The summed E-state index contributed by atoms with van der Waals surface area (Å²) >= 11 is 0. The zero-order chi connectivity index (χ0) is 12.3. The largest absolute Gasteiger partial charge is 0.309 e. The molecule has 1 aromatic rings. The summed E-state index contributed by atoms with van der Waals surface area (Å²) in [6.07, 6.45) is 4.18. The maximum Gasteiger partial charge on any atom is 0.0208 e. The summed E-state index contributed by atoms with van der Waals surface area (Å²) in [6, 6.07) is 9.57. The van der Waals surface area contributed by atoms with Crippen molar-refractivity contribution in [2.45, 2.75) is 52.6 Å². The lowest BCUT2D eigenvalue weighted by molar-refractivity contribution is 0.207. The maximum absolute atomic E-state index is 3.76. The Kier molecular flexibility index (Phi) is 4.22. The first kappa shape index (κ1) is 12.6. The second-order valence-corrected chi connectivity index (χ2v) is 5.78. The number of benzene rings is 1. The number of nitrogens with one attached hydrogen (secondary N) is 1. The topological polar surface area (TPSA) is 12.0 Å². The van der Waals surface area contributed by atoms with Crippen LogP contribution in [0.5, 0.6) is 0 Å². The Morgan fingerprint density at radius 1 is 1.06 bits per heavy atom.